The van der Waals surface area contributed by atoms with Gasteiger partial charge in [-0.3, -0.25) is 9.59 Å². The SMILES string of the molecule is Cc1cccc(C(=O)N[C@H]2C[C@H](C(N)=O)C[C@H]2c2nc(-c3ccccc3)no2)c1. The summed E-state index contributed by atoms with van der Waals surface area (Å²) in [5, 5.41) is 7.10. The number of aryl methyl sites for hydroxylation is 1. The molecule has 2 aromatic carbocycles. The van der Waals surface area contributed by atoms with E-state index >= 15 is 0 Å². The van der Waals surface area contributed by atoms with Crippen molar-refractivity contribution in [2.45, 2.75) is 31.7 Å². The van der Waals surface area contributed by atoms with Gasteiger partial charge in [0.25, 0.3) is 5.91 Å². The fourth-order valence-corrected chi connectivity index (χ4v) is 3.83. The lowest BCUT2D eigenvalue weighted by atomic mass is 10.0. The third kappa shape index (κ3) is 4.03. The normalized spacial score (nSPS) is 21.1. The topological polar surface area (TPSA) is 111 Å². The predicted molar refractivity (Wildman–Crippen MR) is 107 cm³/mol. The molecule has 29 heavy (non-hydrogen) atoms. The molecule has 4 rings (SSSR count). The van der Waals surface area contributed by atoms with Gasteiger partial charge in [0.2, 0.25) is 17.6 Å². The number of carbonyl (C=O) groups is 2. The molecule has 148 valence electrons. The van der Waals surface area contributed by atoms with Crippen LogP contribution in [-0.4, -0.2) is 28.0 Å². The second-order valence-electron chi connectivity index (χ2n) is 7.45. The fourth-order valence-electron chi connectivity index (χ4n) is 3.83. The lowest BCUT2D eigenvalue weighted by Crippen LogP contribution is -2.37. The molecular formula is C22H22N4O3. The average molecular weight is 390 g/mol. The average Bonchev–Trinajstić information content (AvgIpc) is 3.36. The van der Waals surface area contributed by atoms with Crippen LogP contribution in [0, 0.1) is 12.8 Å². The van der Waals surface area contributed by atoms with E-state index in [2.05, 4.69) is 15.5 Å². The number of hydrogen-bond donors (Lipinski definition) is 2. The van der Waals surface area contributed by atoms with Gasteiger partial charge in [-0.05, 0) is 31.9 Å². The smallest absolute Gasteiger partial charge is 0.251 e. The Labute approximate surface area is 168 Å². The predicted octanol–water partition coefficient (Wildman–Crippen LogP) is 2.82. The third-order valence-corrected chi connectivity index (χ3v) is 5.35. The number of hydrogen-bond acceptors (Lipinski definition) is 5. The van der Waals surface area contributed by atoms with Crippen molar-refractivity contribution < 1.29 is 14.1 Å². The zero-order valence-electron chi connectivity index (χ0n) is 16.0. The molecule has 1 saturated carbocycles. The maximum absolute atomic E-state index is 12.7. The van der Waals surface area contributed by atoms with E-state index in [-0.39, 0.29) is 29.7 Å². The van der Waals surface area contributed by atoms with Crippen LogP contribution in [0.3, 0.4) is 0 Å². The first kappa shape index (κ1) is 18.9. The van der Waals surface area contributed by atoms with Gasteiger partial charge in [0, 0.05) is 23.1 Å². The first-order valence-electron chi connectivity index (χ1n) is 9.57. The van der Waals surface area contributed by atoms with Crippen LogP contribution in [0.2, 0.25) is 0 Å². The molecule has 3 N–H and O–H groups in total. The van der Waals surface area contributed by atoms with Crippen molar-refractivity contribution in [2.75, 3.05) is 0 Å². The summed E-state index contributed by atoms with van der Waals surface area (Å²) in [6, 6.07) is 16.5. The third-order valence-electron chi connectivity index (χ3n) is 5.35. The van der Waals surface area contributed by atoms with Gasteiger partial charge in [-0.1, -0.05) is 53.2 Å². The maximum Gasteiger partial charge on any atom is 0.251 e. The molecule has 1 heterocycles. The summed E-state index contributed by atoms with van der Waals surface area (Å²) in [6.45, 7) is 1.93. The van der Waals surface area contributed by atoms with Crippen molar-refractivity contribution in [1.82, 2.24) is 15.5 Å². The molecule has 7 heteroatoms. The minimum atomic E-state index is -0.384. The van der Waals surface area contributed by atoms with Crippen LogP contribution < -0.4 is 11.1 Å². The second-order valence-corrected chi connectivity index (χ2v) is 7.45. The van der Waals surface area contributed by atoms with Crippen LogP contribution in [0.25, 0.3) is 11.4 Å². The molecule has 0 radical (unpaired) electrons. The van der Waals surface area contributed by atoms with Gasteiger partial charge in [0.05, 0.1) is 5.92 Å². The molecule has 3 aromatic rings. The number of primary amides is 1. The van der Waals surface area contributed by atoms with Crippen molar-refractivity contribution in [3.8, 4) is 11.4 Å². The van der Waals surface area contributed by atoms with E-state index in [0.29, 0.717) is 30.1 Å². The number of benzene rings is 2. The molecule has 7 nitrogen and oxygen atoms in total. The van der Waals surface area contributed by atoms with Crippen molar-refractivity contribution >= 4 is 11.8 Å². The summed E-state index contributed by atoms with van der Waals surface area (Å²) in [6.07, 6.45) is 0.908. The summed E-state index contributed by atoms with van der Waals surface area (Å²) >= 11 is 0. The largest absolute Gasteiger partial charge is 0.369 e. The quantitative estimate of drug-likeness (QED) is 0.696. The number of nitrogens with zero attached hydrogens (tertiary/aromatic N) is 2. The second kappa shape index (κ2) is 7.87. The van der Waals surface area contributed by atoms with Gasteiger partial charge in [-0.2, -0.15) is 4.98 Å². The van der Waals surface area contributed by atoms with Gasteiger partial charge in [0.15, 0.2) is 0 Å². The Balaban J connectivity index is 1.57. The monoisotopic (exact) mass is 390 g/mol. The highest BCUT2D eigenvalue weighted by Gasteiger charge is 2.41. The van der Waals surface area contributed by atoms with Crippen LogP contribution in [0.4, 0.5) is 0 Å². The Bertz CT molecular complexity index is 1030. The molecule has 1 aromatic heterocycles. The Morgan fingerprint density at radius 1 is 1.10 bits per heavy atom. The molecule has 0 aliphatic heterocycles. The molecule has 0 spiro atoms. The van der Waals surface area contributed by atoms with E-state index in [0.717, 1.165) is 11.1 Å². The van der Waals surface area contributed by atoms with Crippen molar-refractivity contribution in [2.24, 2.45) is 11.7 Å². The summed E-state index contributed by atoms with van der Waals surface area (Å²) < 4.78 is 5.50. The zero-order valence-corrected chi connectivity index (χ0v) is 16.0. The first-order chi connectivity index (χ1) is 14.0. The van der Waals surface area contributed by atoms with Crippen molar-refractivity contribution in [1.29, 1.82) is 0 Å². The Hall–Kier alpha value is -3.48. The highest BCUT2D eigenvalue weighted by atomic mass is 16.5. The number of rotatable bonds is 5. The van der Waals surface area contributed by atoms with Gasteiger partial charge in [0.1, 0.15) is 0 Å². The Morgan fingerprint density at radius 3 is 2.62 bits per heavy atom. The molecule has 1 fully saturated rings. The molecule has 3 atom stereocenters. The summed E-state index contributed by atoms with van der Waals surface area (Å²) in [5.74, 6) is -0.322. The van der Waals surface area contributed by atoms with Crippen LogP contribution in [0.1, 0.15) is 40.6 Å². The van der Waals surface area contributed by atoms with Gasteiger partial charge < -0.3 is 15.6 Å². The highest BCUT2D eigenvalue weighted by Crippen LogP contribution is 2.38. The minimum absolute atomic E-state index is 0.198. The summed E-state index contributed by atoms with van der Waals surface area (Å²) in [7, 11) is 0. The highest BCUT2D eigenvalue weighted by molar-refractivity contribution is 5.94. The Kier molecular flexibility index (Phi) is 5.12. The van der Waals surface area contributed by atoms with E-state index in [1.807, 2.05) is 55.5 Å². The van der Waals surface area contributed by atoms with E-state index in [1.165, 1.54) is 0 Å². The summed E-state index contributed by atoms with van der Waals surface area (Å²) in [5.41, 5.74) is 7.95. The number of carbonyl (C=O) groups excluding carboxylic acids is 2. The molecular weight excluding hydrogens is 368 g/mol. The minimum Gasteiger partial charge on any atom is -0.369 e. The maximum atomic E-state index is 12.7. The Morgan fingerprint density at radius 2 is 1.90 bits per heavy atom. The molecule has 1 aliphatic carbocycles. The van der Waals surface area contributed by atoms with E-state index < -0.39 is 0 Å². The van der Waals surface area contributed by atoms with Crippen LogP contribution in [0.5, 0.6) is 0 Å². The van der Waals surface area contributed by atoms with Crippen LogP contribution in [-0.2, 0) is 4.79 Å². The number of nitrogens with two attached hydrogens (primary N) is 1. The first-order valence-corrected chi connectivity index (χ1v) is 9.57. The van der Waals surface area contributed by atoms with Crippen molar-refractivity contribution in [3.63, 3.8) is 0 Å². The lowest BCUT2D eigenvalue weighted by Gasteiger charge is -2.18. The van der Waals surface area contributed by atoms with E-state index in [1.54, 1.807) is 6.07 Å². The van der Waals surface area contributed by atoms with Gasteiger partial charge in [-0.25, -0.2) is 0 Å². The molecule has 0 saturated heterocycles. The molecule has 0 unspecified atom stereocenters. The van der Waals surface area contributed by atoms with Gasteiger partial charge >= 0.3 is 0 Å². The summed E-state index contributed by atoms with van der Waals surface area (Å²) in [4.78, 5) is 29.1. The van der Waals surface area contributed by atoms with E-state index in [4.69, 9.17) is 10.3 Å². The standard InChI is InChI=1S/C22H22N4O3/c1-13-6-5-9-15(10-13)21(28)24-18-12-16(19(23)27)11-17(18)22-25-20(26-29-22)14-7-3-2-4-8-14/h2-10,16-18H,11-12H2,1H3,(H2,23,27)(H,24,28)/t16-,17-,18+/m1/s1. The molecule has 1 aliphatic rings. The zero-order chi connectivity index (χ0) is 20.4. The number of nitrogens with one attached hydrogen (secondary N) is 1. The number of aromatic nitrogens is 2. The molecule has 2 amide bonds. The van der Waals surface area contributed by atoms with Crippen molar-refractivity contribution in [3.05, 3.63) is 71.6 Å². The van der Waals surface area contributed by atoms with Gasteiger partial charge in [-0.15, -0.1) is 0 Å². The van der Waals surface area contributed by atoms with Crippen LogP contribution in [0.15, 0.2) is 59.1 Å². The lowest BCUT2D eigenvalue weighted by molar-refractivity contribution is -0.121. The number of amides is 2. The van der Waals surface area contributed by atoms with Crippen LogP contribution >= 0.6 is 0 Å². The molecule has 0 bridgehead atoms. The fraction of sp³-hybridized carbons (Fsp3) is 0.273. The van der Waals surface area contributed by atoms with E-state index in [9.17, 15) is 9.59 Å².